The van der Waals surface area contributed by atoms with E-state index < -0.39 is 0 Å². The number of hydrogen-bond acceptors (Lipinski definition) is 2. The highest BCUT2D eigenvalue weighted by molar-refractivity contribution is 7.99. The number of thioether (sulfide) groups is 1. The number of rotatable bonds is 5. The molecule has 1 N–H and O–H groups in total. The fourth-order valence-electron chi connectivity index (χ4n) is 1.80. The van der Waals surface area contributed by atoms with Gasteiger partial charge in [0.1, 0.15) is 5.82 Å². The van der Waals surface area contributed by atoms with E-state index in [1.54, 1.807) is 17.8 Å². The molecule has 0 spiro atoms. The van der Waals surface area contributed by atoms with Gasteiger partial charge in [-0.3, -0.25) is 0 Å². The van der Waals surface area contributed by atoms with Crippen LogP contribution in [0, 0.1) is 5.82 Å². The van der Waals surface area contributed by atoms with Gasteiger partial charge in [0.25, 0.3) is 0 Å². The van der Waals surface area contributed by atoms with Crippen LogP contribution < -0.4 is 5.32 Å². The normalized spacial score (nSPS) is 10.5. The van der Waals surface area contributed by atoms with Crippen molar-refractivity contribution in [2.75, 3.05) is 11.1 Å². The lowest BCUT2D eigenvalue weighted by Crippen LogP contribution is -2.01. The van der Waals surface area contributed by atoms with E-state index in [1.807, 2.05) is 18.2 Å². The lowest BCUT2D eigenvalue weighted by molar-refractivity contribution is 0.626. The van der Waals surface area contributed by atoms with Crippen molar-refractivity contribution >= 4 is 29.1 Å². The Hall–Kier alpha value is -1.19. The first-order valence-electron chi connectivity index (χ1n) is 6.09. The molecule has 0 saturated carbocycles. The van der Waals surface area contributed by atoms with Gasteiger partial charge in [-0.2, -0.15) is 0 Å². The monoisotopic (exact) mass is 295 g/mol. The molecular weight excluding hydrogens is 281 g/mol. The van der Waals surface area contributed by atoms with Crippen molar-refractivity contribution in [3.63, 3.8) is 0 Å². The van der Waals surface area contributed by atoms with Crippen LogP contribution in [-0.4, -0.2) is 5.75 Å². The molecule has 0 amide bonds. The Morgan fingerprint density at radius 1 is 1.21 bits per heavy atom. The third kappa shape index (κ3) is 4.15. The van der Waals surface area contributed by atoms with Crippen LogP contribution in [0.1, 0.15) is 12.5 Å². The maximum absolute atomic E-state index is 13.2. The second-order valence-corrected chi connectivity index (χ2v) is 5.80. The van der Waals surface area contributed by atoms with Gasteiger partial charge in [0.2, 0.25) is 0 Å². The second kappa shape index (κ2) is 6.83. The minimum Gasteiger partial charge on any atom is -0.380 e. The van der Waals surface area contributed by atoms with E-state index >= 15 is 0 Å². The van der Waals surface area contributed by atoms with E-state index in [1.165, 1.54) is 17.0 Å². The summed E-state index contributed by atoms with van der Waals surface area (Å²) in [5.41, 5.74) is 1.90. The molecule has 0 saturated heterocycles. The molecule has 0 aliphatic rings. The van der Waals surface area contributed by atoms with Crippen LogP contribution in [0.25, 0.3) is 0 Å². The van der Waals surface area contributed by atoms with Crippen LogP contribution in [0.2, 0.25) is 5.02 Å². The Morgan fingerprint density at radius 3 is 2.74 bits per heavy atom. The molecular formula is C15H15ClFNS. The SMILES string of the molecule is CCSc1ccccc1NCc1cc(F)cc(Cl)c1. The maximum Gasteiger partial charge on any atom is 0.125 e. The lowest BCUT2D eigenvalue weighted by atomic mass is 10.2. The van der Waals surface area contributed by atoms with Gasteiger partial charge >= 0.3 is 0 Å². The van der Waals surface area contributed by atoms with Gasteiger partial charge in [-0.05, 0) is 41.6 Å². The first-order chi connectivity index (χ1) is 9.19. The number of para-hydroxylation sites is 1. The predicted octanol–water partition coefficient (Wildman–Crippen LogP) is 5.20. The minimum atomic E-state index is -0.305. The standard InChI is InChI=1S/C15H15ClFNS/c1-2-19-15-6-4-3-5-14(15)18-10-11-7-12(16)9-13(17)8-11/h3-9,18H,2,10H2,1H3. The second-order valence-electron chi connectivity index (χ2n) is 4.06. The Morgan fingerprint density at radius 2 is 2.00 bits per heavy atom. The topological polar surface area (TPSA) is 12.0 Å². The fraction of sp³-hybridized carbons (Fsp3) is 0.200. The van der Waals surface area contributed by atoms with Crippen LogP contribution in [0.4, 0.5) is 10.1 Å². The molecule has 0 bridgehead atoms. The van der Waals surface area contributed by atoms with Crippen molar-refractivity contribution in [3.05, 3.63) is 58.9 Å². The van der Waals surface area contributed by atoms with E-state index in [4.69, 9.17) is 11.6 Å². The summed E-state index contributed by atoms with van der Waals surface area (Å²) in [6, 6.07) is 12.7. The van der Waals surface area contributed by atoms with Crippen molar-refractivity contribution in [1.29, 1.82) is 0 Å². The molecule has 0 unspecified atom stereocenters. The molecule has 2 aromatic rings. The van der Waals surface area contributed by atoms with Crippen molar-refractivity contribution in [3.8, 4) is 0 Å². The average molecular weight is 296 g/mol. The number of halogens is 2. The summed E-state index contributed by atoms with van der Waals surface area (Å²) in [6.45, 7) is 2.67. The molecule has 0 atom stereocenters. The van der Waals surface area contributed by atoms with Gasteiger partial charge in [-0.25, -0.2) is 4.39 Å². The van der Waals surface area contributed by atoms with Crippen LogP contribution in [-0.2, 0) is 6.54 Å². The molecule has 0 aromatic heterocycles. The molecule has 19 heavy (non-hydrogen) atoms. The fourth-order valence-corrected chi connectivity index (χ4v) is 2.83. The van der Waals surface area contributed by atoms with Crippen molar-refractivity contribution < 1.29 is 4.39 Å². The zero-order chi connectivity index (χ0) is 13.7. The number of anilines is 1. The van der Waals surface area contributed by atoms with E-state index in [9.17, 15) is 4.39 Å². The molecule has 2 aromatic carbocycles. The summed E-state index contributed by atoms with van der Waals surface area (Å²) >= 11 is 7.62. The van der Waals surface area contributed by atoms with Crippen LogP contribution in [0.15, 0.2) is 47.4 Å². The maximum atomic E-state index is 13.2. The summed E-state index contributed by atoms with van der Waals surface area (Å²) in [6.07, 6.45) is 0. The Bertz CT molecular complexity index is 539. The Balaban J connectivity index is 2.09. The van der Waals surface area contributed by atoms with Gasteiger partial charge in [0.15, 0.2) is 0 Å². The van der Waals surface area contributed by atoms with E-state index in [0.717, 1.165) is 17.0 Å². The zero-order valence-corrected chi connectivity index (χ0v) is 12.2. The first kappa shape index (κ1) is 14.2. The third-order valence-corrected chi connectivity index (χ3v) is 3.77. The molecule has 1 nitrogen and oxygen atoms in total. The third-order valence-electron chi connectivity index (χ3n) is 2.59. The summed E-state index contributed by atoms with van der Waals surface area (Å²) in [5.74, 6) is 0.713. The Labute approximate surface area is 122 Å². The molecule has 0 aliphatic carbocycles. The van der Waals surface area contributed by atoms with Gasteiger partial charge in [0.05, 0.1) is 0 Å². The van der Waals surface area contributed by atoms with Gasteiger partial charge in [-0.15, -0.1) is 11.8 Å². The quantitative estimate of drug-likeness (QED) is 0.761. The first-order valence-corrected chi connectivity index (χ1v) is 7.46. The Kier molecular flexibility index (Phi) is 5.11. The van der Waals surface area contributed by atoms with Crippen LogP contribution in [0.3, 0.4) is 0 Å². The summed E-state index contributed by atoms with van der Waals surface area (Å²) < 4.78 is 13.2. The molecule has 4 heteroatoms. The molecule has 0 aliphatic heterocycles. The summed E-state index contributed by atoms with van der Waals surface area (Å²) in [4.78, 5) is 1.20. The van der Waals surface area contributed by atoms with Gasteiger partial charge in [-0.1, -0.05) is 30.7 Å². The number of hydrogen-bond donors (Lipinski definition) is 1. The number of nitrogens with one attached hydrogen (secondary N) is 1. The summed E-state index contributed by atoms with van der Waals surface area (Å²) in [7, 11) is 0. The average Bonchev–Trinajstić information content (AvgIpc) is 2.37. The highest BCUT2D eigenvalue weighted by atomic mass is 35.5. The molecule has 2 rings (SSSR count). The van der Waals surface area contributed by atoms with Gasteiger partial charge in [0, 0.05) is 22.2 Å². The number of benzene rings is 2. The van der Waals surface area contributed by atoms with E-state index in [-0.39, 0.29) is 5.82 Å². The van der Waals surface area contributed by atoms with Gasteiger partial charge < -0.3 is 5.32 Å². The lowest BCUT2D eigenvalue weighted by Gasteiger charge is -2.11. The minimum absolute atomic E-state index is 0.305. The molecule has 100 valence electrons. The van der Waals surface area contributed by atoms with E-state index in [2.05, 4.69) is 18.3 Å². The smallest absolute Gasteiger partial charge is 0.125 e. The van der Waals surface area contributed by atoms with Crippen molar-refractivity contribution in [2.24, 2.45) is 0 Å². The van der Waals surface area contributed by atoms with Crippen LogP contribution >= 0.6 is 23.4 Å². The highest BCUT2D eigenvalue weighted by Crippen LogP contribution is 2.27. The molecule has 0 heterocycles. The van der Waals surface area contributed by atoms with E-state index in [0.29, 0.717) is 11.6 Å². The summed E-state index contributed by atoms with van der Waals surface area (Å²) in [5, 5.41) is 3.75. The van der Waals surface area contributed by atoms with Crippen LogP contribution in [0.5, 0.6) is 0 Å². The largest absolute Gasteiger partial charge is 0.380 e. The highest BCUT2D eigenvalue weighted by Gasteiger charge is 2.03. The van der Waals surface area contributed by atoms with Crippen molar-refractivity contribution in [2.45, 2.75) is 18.4 Å². The predicted molar refractivity (Wildman–Crippen MR) is 81.6 cm³/mol. The van der Waals surface area contributed by atoms with Crippen molar-refractivity contribution in [1.82, 2.24) is 0 Å². The zero-order valence-electron chi connectivity index (χ0n) is 10.6. The molecule has 0 fully saturated rings. The molecule has 0 radical (unpaired) electrons.